The Kier molecular flexibility index (Phi) is 3.01. The van der Waals surface area contributed by atoms with Crippen molar-refractivity contribution >= 4 is 0 Å². The molecule has 0 aromatic heterocycles. The Labute approximate surface area is 90.0 Å². The van der Waals surface area contributed by atoms with Gasteiger partial charge in [-0.05, 0) is 17.8 Å². The summed E-state index contributed by atoms with van der Waals surface area (Å²) in [6, 6.07) is 0. The zero-order valence-corrected chi connectivity index (χ0v) is 9.21. The number of hydrogen-bond donors (Lipinski definition) is 0. The molecule has 1 aliphatic rings. The molecule has 0 heterocycles. The van der Waals surface area contributed by atoms with Gasteiger partial charge in [0.25, 0.3) is 0 Å². The van der Waals surface area contributed by atoms with Crippen molar-refractivity contribution in [2.24, 2.45) is 23.2 Å². The van der Waals surface area contributed by atoms with Crippen LogP contribution in [0, 0.1) is 23.2 Å². The van der Waals surface area contributed by atoms with Crippen LogP contribution in [0.1, 0.15) is 27.2 Å². The first-order chi connectivity index (χ1) is 6.99. The van der Waals surface area contributed by atoms with Gasteiger partial charge < -0.3 is 0 Å². The Balaban J connectivity index is 3.00. The highest BCUT2D eigenvalue weighted by Gasteiger charge is 2.76. The van der Waals surface area contributed by atoms with Gasteiger partial charge in [0.15, 0.2) is 0 Å². The predicted molar refractivity (Wildman–Crippen MR) is 46.7 cm³/mol. The maximum absolute atomic E-state index is 12.6. The third-order valence-corrected chi connectivity index (χ3v) is 4.08. The van der Waals surface area contributed by atoms with E-state index >= 15 is 0 Å². The number of rotatable bonds is 2. The molecule has 0 spiro atoms. The van der Waals surface area contributed by atoms with E-state index in [0.717, 1.165) is 6.92 Å². The third kappa shape index (κ3) is 1.80. The van der Waals surface area contributed by atoms with Crippen LogP contribution in [-0.4, -0.2) is 12.4 Å². The van der Waals surface area contributed by atoms with E-state index in [4.69, 9.17) is 0 Å². The molecule has 0 radical (unpaired) electrons. The highest BCUT2D eigenvalue weighted by Crippen LogP contribution is 2.72. The van der Waals surface area contributed by atoms with E-state index < -0.39 is 35.5 Å². The van der Waals surface area contributed by atoms with Gasteiger partial charge in [-0.2, -0.15) is 26.3 Å². The summed E-state index contributed by atoms with van der Waals surface area (Å²) in [7, 11) is 0. The van der Waals surface area contributed by atoms with E-state index in [2.05, 4.69) is 0 Å². The predicted octanol–water partition coefficient (Wildman–Crippen LogP) is 4.41. The molecule has 3 unspecified atom stereocenters. The Morgan fingerprint density at radius 1 is 1.12 bits per heavy atom. The zero-order valence-electron chi connectivity index (χ0n) is 9.21. The van der Waals surface area contributed by atoms with Gasteiger partial charge in [-0.15, -0.1) is 0 Å². The SMILES string of the molecule is CCC1([C@H](C)C(F)(F)F)C(C)C1C(F)(F)F. The monoisotopic (exact) mass is 248 g/mol. The molecule has 16 heavy (non-hydrogen) atoms. The van der Waals surface area contributed by atoms with Crippen molar-refractivity contribution in [2.45, 2.75) is 39.5 Å². The minimum atomic E-state index is -4.57. The van der Waals surface area contributed by atoms with Gasteiger partial charge in [-0.25, -0.2) is 0 Å². The summed E-state index contributed by atoms with van der Waals surface area (Å²) in [6.45, 7) is 3.50. The fourth-order valence-electron chi connectivity index (χ4n) is 3.06. The van der Waals surface area contributed by atoms with Gasteiger partial charge >= 0.3 is 12.4 Å². The highest BCUT2D eigenvalue weighted by molar-refractivity contribution is 5.14. The minimum Gasteiger partial charge on any atom is -0.171 e. The molecule has 0 aliphatic heterocycles. The average Bonchev–Trinajstić information content (AvgIpc) is 2.68. The molecular formula is C10H14F6. The summed E-state index contributed by atoms with van der Waals surface area (Å²) in [5.41, 5.74) is -1.66. The van der Waals surface area contributed by atoms with Crippen LogP contribution in [0.3, 0.4) is 0 Å². The second kappa shape index (κ2) is 3.53. The van der Waals surface area contributed by atoms with Crippen LogP contribution in [0.4, 0.5) is 26.3 Å². The van der Waals surface area contributed by atoms with Gasteiger partial charge in [0.05, 0.1) is 11.8 Å². The van der Waals surface area contributed by atoms with Crippen molar-refractivity contribution in [3.63, 3.8) is 0 Å². The molecule has 0 aromatic rings. The Morgan fingerprint density at radius 2 is 1.56 bits per heavy atom. The summed E-state index contributed by atoms with van der Waals surface area (Å²) < 4.78 is 75.3. The summed E-state index contributed by atoms with van der Waals surface area (Å²) in [5.74, 6) is -4.68. The fraction of sp³-hybridized carbons (Fsp3) is 1.00. The molecule has 1 fully saturated rings. The average molecular weight is 248 g/mol. The number of alkyl halides is 6. The van der Waals surface area contributed by atoms with Crippen molar-refractivity contribution in [1.82, 2.24) is 0 Å². The van der Waals surface area contributed by atoms with E-state index in [1.54, 1.807) is 0 Å². The molecule has 0 bridgehead atoms. The van der Waals surface area contributed by atoms with Crippen molar-refractivity contribution < 1.29 is 26.3 Å². The maximum atomic E-state index is 12.6. The molecule has 0 N–H and O–H groups in total. The first kappa shape index (κ1) is 13.6. The molecule has 0 amide bonds. The number of halogens is 6. The lowest BCUT2D eigenvalue weighted by Gasteiger charge is -2.27. The summed E-state index contributed by atoms with van der Waals surface area (Å²) in [5, 5.41) is 0. The van der Waals surface area contributed by atoms with E-state index in [0.29, 0.717) is 0 Å². The second-order valence-electron chi connectivity index (χ2n) is 4.54. The van der Waals surface area contributed by atoms with E-state index in [1.807, 2.05) is 0 Å². The second-order valence-corrected chi connectivity index (χ2v) is 4.54. The van der Waals surface area contributed by atoms with Gasteiger partial charge in [0.1, 0.15) is 0 Å². The van der Waals surface area contributed by atoms with Crippen LogP contribution in [0.5, 0.6) is 0 Å². The normalized spacial score (nSPS) is 37.3. The lowest BCUT2D eigenvalue weighted by Crippen LogP contribution is -2.33. The van der Waals surface area contributed by atoms with Crippen molar-refractivity contribution in [2.75, 3.05) is 0 Å². The Bertz CT molecular complexity index is 247. The van der Waals surface area contributed by atoms with Gasteiger partial charge in [0, 0.05) is 0 Å². The Morgan fingerprint density at radius 3 is 1.75 bits per heavy atom. The van der Waals surface area contributed by atoms with E-state index in [1.165, 1.54) is 13.8 Å². The minimum absolute atomic E-state index is 0.0982. The molecule has 0 nitrogen and oxygen atoms in total. The van der Waals surface area contributed by atoms with Crippen LogP contribution in [0.25, 0.3) is 0 Å². The maximum Gasteiger partial charge on any atom is 0.392 e. The van der Waals surface area contributed by atoms with Crippen molar-refractivity contribution in [1.29, 1.82) is 0 Å². The summed E-state index contributed by atoms with van der Waals surface area (Å²) in [4.78, 5) is 0. The lowest BCUT2D eigenvalue weighted by molar-refractivity contribution is -0.206. The van der Waals surface area contributed by atoms with Crippen LogP contribution in [-0.2, 0) is 0 Å². The molecule has 1 rings (SSSR count). The zero-order chi connectivity index (χ0) is 12.9. The van der Waals surface area contributed by atoms with Crippen LogP contribution in [0.2, 0.25) is 0 Å². The smallest absolute Gasteiger partial charge is 0.171 e. The van der Waals surface area contributed by atoms with Crippen LogP contribution in [0.15, 0.2) is 0 Å². The molecular weight excluding hydrogens is 234 g/mol. The van der Waals surface area contributed by atoms with Gasteiger partial charge in [-0.1, -0.05) is 20.8 Å². The molecule has 1 aliphatic carbocycles. The quantitative estimate of drug-likeness (QED) is 0.635. The topological polar surface area (TPSA) is 0 Å². The fourth-order valence-corrected chi connectivity index (χ4v) is 3.06. The molecule has 96 valence electrons. The summed E-state index contributed by atoms with van der Waals surface area (Å²) >= 11 is 0. The number of hydrogen-bond acceptors (Lipinski definition) is 0. The van der Waals surface area contributed by atoms with Crippen molar-refractivity contribution in [3.05, 3.63) is 0 Å². The molecule has 0 aromatic carbocycles. The lowest BCUT2D eigenvalue weighted by atomic mass is 9.83. The third-order valence-electron chi connectivity index (χ3n) is 4.08. The standard InChI is InChI=1S/C10H14F6/c1-4-8(6(3)9(11,12)13)5(2)7(8)10(14,15)16/h5-7H,4H2,1-3H3/t5?,6-,7?,8?/m0/s1. The highest BCUT2D eigenvalue weighted by atomic mass is 19.4. The van der Waals surface area contributed by atoms with Crippen molar-refractivity contribution in [3.8, 4) is 0 Å². The molecule has 6 heteroatoms. The van der Waals surface area contributed by atoms with Crippen LogP contribution < -0.4 is 0 Å². The first-order valence-electron chi connectivity index (χ1n) is 5.13. The largest absolute Gasteiger partial charge is 0.392 e. The van der Waals surface area contributed by atoms with Gasteiger partial charge in [0.2, 0.25) is 0 Å². The first-order valence-corrected chi connectivity index (χ1v) is 5.13. The Hall–Kier alpha value is -0.420. The summed E-state index contributed by atoms with van der Waals surface area (Å²) in [6.07, 6.45) is -9.20. The molecule has 1 saturated carbocycles. The molecule has 4 atom stereocenters. The van der Waals surface area contributed by atoms with Gasteiger partial charge in [-0.3, -0.25) is 0 Å². The van der Waals surface area contributed by atoms with E-state index in [-0.39, 0.29) is 6.42 Å². The molecule has 0 saturated heterocycles. The van der Waals surface area contributed by atoms with E-state index in [9.17, 15) is 26.3 Å². The van der Waals surface area contributed by atoms with Crippen LogP contribution >= 0.6 is 0 Å².